The normalized spacial score (nSPS) is 25.4. The molecule has 9 heavy (non-hydrogen) atoms. The Balaban J connectivity index is 2.84. The van der Waals surface area contributed by atoms with Gasteiger partial charge in [0, 0.05) is 19.4 Å². The molecule has 0 radical (unpaired) electrons. The van der Waals surface area contributed by atoms with Crippen LogP contribution in [0.5, 0.6) is 0 Å². The fourth-order valence-electron chi connectivity index (χ4n) is 0.703. The maximum absolute atomic E-state index is 5.25. The highest BCUT2D eigenvalue weighted by Gasteiger charge is 2.04. The van der Waals surface area contributed by atoms with Crippen LogP contribution in [0.2, 0.25) is 0 Å². The standard InChI is InChI=1S/C6H9N3/c1-8-5-2-3-9-6(5)4-7/h2-4,9H,7H2,1H3/b6-4+,8-5-. The first-order valence-corrected chi connectivity index (χ1v) is 2.70. The molecule has 0 spiro atoms. The van der Waals surface area contributed by atoms with Crippen LogP contribution in [0.1, 0.15) is 0 Å². The summed E-state index contributed by atoms with van der Waals surface area (Å²) in [7, 11) is 1.73. The van der Waals surface area contributed by atoms with E-state index in [0.717, 1.165) is 11.4 Å². The summed E-state index contributed by atoms with van der Waals surface area (Å²) in [4.78, 5) is 3.96. The van der Waals surface area contributed by atoms with Gasteiger partial charge in [0.25, 0.3) is 0 Å². The second-order valence-corrected chi connectivity index (χ2v) is 1.67. The molecule has 0 aromatic heterocycles. The molecule has 1 aliphatic rings. The zero-order valence-corrected chi connectivity index (χ0v) is 5.26. The van der Waals surface area contributed by atoms with Crippen molar-refractivity contribution in [3.8, 4) is 0 Å². The van der Waals surface area contributed by atoms with Gasteiger partial charge in [-0.25, -0.2) is 0 Å². The monoisotopic (exact) mass is 123 g/mol. The molecule has 0 aromatic carbocycles. The SMILES string of the molecule is C/N=C1/C=CN/C1=C/N. The van der Waals surface area contributed by atoms with Crippen LogP contribution in [-0.4, -0.2) is 12.8 Å². The van der Waals surface area contributed by atoms with Gasteiger partial charge in [0.1, 0.15) is 0 Å². The smallest absolute Gasteiger partial charge is 0.0834 e. The average molecular weight is 123 g/mol. The zero-order chi connectivity index (χ0) is 6.69. The number of nitrogens with zero attached hydrogens (tertiary/aromatic N) is 1. The molecule has 1 aliphatic heterocycles. The Hall–Kier alpha value is -1.25. The molecular weight excluding hydrogens is 114 g/mol. The first kappa shape index (κ1) is 5.88. The Morgan fingerprint density at radius 3 is 3.00 bits per heavy atom. The number of hydrogen-bond donors (Lipinski definition) is 2. The van der Waals surface area contributed by atoms with Crippen LogP contribution >= 0.6 is 0 Å². The van der Waals surface area contributed by atoms with Crippen molar-refractivity contribution in [3.05, 3.63) is 24.2 Å². The summed E-state index contributed by atoms with van der Waals surface area (Å²) in [5, 5.41) is 2.93. The lowest BCUT2D eigenvalue weighted by molar-refractivity contribution is 1.15. The van der Waals surface area contributed by atoms with Gasteiger partial charge in [0.15, 0.2) is 0 Å². The molecule has 3 N–H and O–H groups in total. The van der Waals surface area contributed by atoms with E-state index < -0.39 is 0 Å². The second kappa shape index (κ2) is 2.35. The van der Waals surface area contributed by atoms with Gasteiger partial charge in [-0.05, 0) is 6.08 Å². The summed E-state index contributed by atoms with van der Waals surface area (Å²) in [5.74, 6) is 0. The zero-order valence-electron chi connectivity index (χ0n) is 5.26. The summed E-state index contributed by atoms with van der Waals surface area (Å²) in [5.41, 5.74) is 7.03. The number of allylic oxidation sites excluding steroid dienone is 1. The van der Waals surface area contributed by atoms with Crippen molar-refractivity contribution in [2.24, 2.45) is 10.7 Å². The Bertz CT molecular complexity index is 188. The molecule has 3 nitrogen and oxygen atoms in total. The summed E-state index contributed by atoms with van der Waals surface area (Å²) >= 11 is 0. The summed E-state index contributed by atoms with van der Waals surface area (Å²) in [6.45, 7) is 0. The number of aliphatic imine (C=N–C) groups is 1. The van der Waals surface area contributed by atoms with Gasteiger partial charge in [-0.1, -0.05) is 0 Å². The van der Waals surface area contributed by atoms with Crippen LogP contribution in [0.4, 0.5) is 0 Å². The quantitative estimate of drug-likeness (QED) is 0.475. The second-order valence-electron chi connectivity index (χ2n) is 1.67. The number of hydrogen-bond acceptors (Lipinski definition) is 3. The molecular formula is C6H9N3. The largest absolute Gasteiger partial charge is 0.403 e. The summed E-state index contributed by atoms with van der Waals surface area (Å²) < 4.78 is 0. The predicted molar refractivity (Wildman–Crippen MR) is 37.9 cm³/mol. The number of nitrogens with two attached hydrogens (primary N) is 1. The Morgan fingerprint density at radius 2 is 2.56 bits per heavy atom. The summed E-state index contributed by atoms with van der Waals surface area (Å²) in [6, 6.07) is 0. The molecule has 48 valence electrons. The molecule has 0 aliphatic carbocycles. The topological polar surface area (TPSA) is 50.4 Å². The first-order valence-electron chi connectivity index (χ1n) is 2.70. The van der Waals surface area contributed by atoms with Gasteiger partial charge >= 0.3 is 0 Å². The third-order valence-corrected chi connectivity index (χ3v) is 1.16. The lowest BCUT2D eigenvalue weighted by Gasteiger charge is -1.95. The van der Waals surface area contributed by atoms with Gasteiger partial charge in [-0.15, -0.1) is 0 Å². The minimum atomic E-state index is 0.873. The van der Waals surface area contributed by atoms with E-state index >= 15 is 0 Å². The Morgan fingerprint density at radius 1 is 1.78 bits per heavy atom. The van der Waals surface area contributed by atoms with E-state index in [2.05, 4.69) is 10.3 Å². The van der Waals surface area contributed by atoms with E-state index in [1.54, 1.807) is 13.2 Å². The molecule has 0 amide bonds. The molecule has 0 saturated carbocycles. The minimum Gasteiger partial charge on any atom is -0.403 e. The molecule has 0 aromatic rings. The van der Waals surface area contributed by atoms with Crippen molar-refractivity contribution in [1.29, 1.82) is 0 Å². The number of nitrogens with one attached hydrogen (secondary N) is 1. The third kappa shape index (κ3) is 0.937. The molecule has 0 bridgehead atoms. The van der Waals surface area contributed by atoms with E-state index in [-0.39, 0.29) is 0 Å². The van der Waals surface area contributed by atoms with Gasteiger partial charge < -0.3 is 11.1 Å². The van der Waals surface area contributed by atoms with E-state index in [4.69, 9.17) is 5.73 Å². The minimum absolute atomic E-state index is 0.873. The van der Waals surface area contributed by atoms with Crippen molar-refractivity contribution in [3.63, 3.8) is 0 Å². The fraction of sp³-hybridized carbons (Fsp3) is 0.167. The lowest BCUT2D eigenvalue weighted by Crippen LogP contribution is -2.07. The highest BCUT2D eigenvalue weighted by molar-refractivity contribution is 6.09. The molecule has 0 fully saturated rings. The van der Waals surface area contributed by atoms with Gasteiger partial charge in [0.05, 0.1) is 11.4 Å². The van der Waals surface area contributed by atoms with E-state index in [1.165, 1.54) is 6.20 Å². The molecule has 0 unspecified atom stereocenters. The van der Waals surface area contributed by atoms with E-state index in [9.17, 15) is 0 Å². The van der Waals surface area contributed by atoms with Crippen LogP contribution in [0.25, 0.3) is 0 Å². The Labute approximate surface area is 54.0 Å². The van der Waals surface area contributed by atoms with Crippen molar-refractivity contribution in [2.75, 3.05) is 7.05 Å². The first-order chi connectivity index (χ1) is 4.38. The van der Waals surface area contributed by atoms with Crippen LogP contribution < -0.4 is 11.1 Å². The van der Waals surface area contributed by atoms with E-state index in [1.807, 2.05) is 6.08 Å². The van der Waals surface area contributed by atoms with Crippen molar-refractivity contribution < 1.29 is 0 Å². The van der Waals surface area contributed by atoms with Crippen molar-refractivity contribution in [2.45, 2.75) is 0 Å². The van der Waals surface area contributed by atoms with Gasteiger partial charge in [0.2, 0.25) is 0 Å². The molecule has 3 heteroatoms. The maximum Gasteiger partial charge on any atom is 0.0834 e. The van der Waals surface area contributed by atoms with Crippen molar-refractivity contribution >= 4 is 5.71 Å². The fourth-order valence-corrected chi connectivity index (χ4v) is 0.703. The maximum atomic E-state index is 5.25. The molecule has 1 rings (SSSR count). The average Bonchev–Trinajstić information content (AvgIpc) is 2.33. The van der Waals surface area contributed by atoms with Gasteiger partial charge in [-0.3, -0.25) is 4.99 Å². The van der Waals surface area contributed by atoms with E-state index in [0.29, 0.717) is 0 Å². The highest BCUT2D eigenvalue weighted by Crippen LogP contribution is 2.00. The van der Waals surface area contributed by atoms with Crippen LogP contribution in [0.15, 0.2) is 29.2 Å². The van der Waals surface area contributed by atoms with Gasteiger partial charge in [-0.2, -0.15) is 0 Å². The predicted octanol–water partition coefficient (Wildman–Crippen LogP) is -0.0258. The highest BCUT2D eigenvalue weighted by atomic mass is 14.9. The third-order valence-electron chi connectivity index (χ3n) is 1.16. The molecule has 1 heterocycles. The van der Waals surface area contributed by atoms with Crippen LogP contribution in [-0.2, 0) is 0 Å². The van der Waals surface area contributed by atoms with Crippen LogP contribution in [0.3, 0.4) is 0 Å². The lowest BCUT2D eigenvalue weighted by atomic mass is 10.3. The number of rotatable bonds is 0. The van der Waals surface area contributed by atoms with Crippen molar-refractivity contribution in [1.82, 2.24) is 5.32 Å². The summed E-state index contributed by atoms with van der Waals surface area (Å²) in [6.07, 6.45) is 5.18. The molecule has 0 atom stereocenters. The molecule has 0 saturated heterocycles. The Kier molecular flexibility index (Phi) is 1.53. The van der Waals surface area contributed by atoms with Crippen LogP contribution in [0, 0.1) is 0 Å².